The second-order valence-electron chi connectivity index (χ2n) is 7.95. The predicted molar refractivity (Wildman–Crippen MR) is 95.8 cm³/mol. The largest absolute Gasteiger partial charge is 0.598 e. The smallest absolute Gasteiger partial charge is 0.137 e. The molecule has 0 unspecified atom stereocenters. The highest BCUT2D eigenvalue weighted by Gasteiger charge is 2.30. The summed E-state index contributed by atoms with van der Waals surface area (Å²) in [4.78, 5) is 4.46. The van der Waals surface area contributed by atoms with Gasteiger partial charge in [0.2, 0.25) is 0 Å². The van der Waals surface area contributed by atoms with Gasteiger partial charge in [-0.2, -0.15) is 0 Å². The third-order valence-electron chi connectivity index (χ3n) is 4.44. The normalized spacial score (nSPS) is 20.3. The maximum Gasteiger partial charge on any atom is 0.137 e. The van der Waals surface area contributed by atoms with Crippen molar-refractivity contribution in [1.82, 2.24) is 9.71 Å². The van der Waals surface area contributed by atoms with Gasteiger partial charge in [-0.1, -0.05) is 19.8 Å². The lowest BCUT2D eigenvalue weighted by molar-refractivity contribution is 0.167. The van der Waals surface area contributed by atoms with Gasteiger partial charge >= 0.3 is 0 Å². The minimum atomic E-state index is -1.11. The van der Waals surface area contributed by atoms with Crippen LogP contribution in [0, 0.1) is 5.41 Å². The molecular formula is C18H30N2O2S. The quantitative estimate of drug-likeness (QED) is 0.792. The topological polar surface area (TPSA) is 57.2 Å². The SMILES string of the molecule is C[C@H](N[S@+]([O-])C(C)(C)C)c1ccc(OCC2(C)CCCC2)cn1. The molecule has 0 bridgehead atoms. The molecule has 130 valence electrons. The monoisotopic (exact) mass is 338 g/mol. The first-order chi connectivity index (χ1) is 10.7. The highest BCUT2D eigenvalue weighted by atomic mass is 32.2. The Bertz CT molecular complexity index is 493. The number of nitrogens with zero attached hydrogens (tertiary/aromatic N) is 1. The molecule has 0 amide bonds. The molecule has 1 N–H and O–H groups in total. The fourth-order valence-electron chi connectivity index (χ4n) is 2.76. The van der Waals surface area contributed by atoms with Gasteiger partial charge in [0.05, 0.1) is 24.5 Å². The highest BCUT2D eigenvalue weighted by molar-refractivity contribution is 7.90. The second kappa shape index (κ2) is 7.41. The molecular weight excluding hydrogens is 308 g/mol. The van der Waals surface area contributed by atoms with Crippen LogP contribution in [-0.4, -0.2) is 20.9 Å². The van der Waals surface area contributed by atoms with E-state index in [1.54, 1.807) is 6.20 Å². The third kappa shape index (κ3) is 5.37. The molecule has 0 radical (unpaired) electrons. The minimum Gasteiger partial charge on any atom is -0.598 e. The zero-order valence-electron chi connectivity index (χ0n) is 15.0. The first-order valence-corrected chi connectivity index (χ1v) is 9.61. The van der Waals surface area contributed by atoms with Crippen LogP contribution in [0.5, 0.6) is 5.75 Å². The van der Waals surface area contributed by atoms with Crippen molar-refractivity contribution in [2.24, 2.45) is 5.41 Å². The van der Waals surface area contributed by atoms with Gasteiger partial charge in [0.15, 0.2) is 0 Å². The van der Waals surface area contributed by atoms with Gasteiger partial charge in [-0.3, -0.25) is 4.98 Å². The van der Waals surface area contributed by atoms with Gasteiger partial charge in [-0.25, -0.2) is 0 Å². The Labute approximate surface area is 143 Å². The highest BCUT2D eigenvalue weighted by Crippen LogP contribution is 2.37. The molecule has 1 saturated carbocycles. The first-order valence-electron chi connectivity index (χ1n) is 8.46. The second-order valence-corrected chi connectivity index (χ2v) is 9.94. The summed E-state index contributed by atoms with van der Waals surface area (Å²) < 4.78 is 20.9. The van der Waals surface area contributed by atoms with Gasteiger partial charge < -0.3 is 9.29 Å². The number of hydrogen-bond donors (Lipinski definition) is 1. The molecule has 1 aromatic rings. The van der Waals surface area contributed by atoms with E-state index in [1.165, 1.54) is 25.7 Å². The van der Waals surface area contributed by atoms with Crippen molar-refractivity contribution in [3.8, 4) is 5.75 Å². The van der Waals surface area contributed by atoms with E-state index >= 15 is 0 Å². The molecule has 0 spiro atoms. The fraction of sp³-hybridized carbons (Fsp3) is 0.722. The van der Waals surface area contributed by atoms with E-state index in [9.17, 15) is 4.55 Å². The van der Waals surface area contributed by atoms with E-state index in [1.807, 2.05) is 39.8 Å². The minimum absolute atomic E-state index is 0.0588. The van der Waals surface area contributed by atoms with Crippen LogP contribution in [0.25, 0.3) is 0 Å². The van der Waals surface area contributed by atoms with E-state index in [0.29, 0.717) is 5.41 Å². The van der Waals surface area contributed by atoms with Crippen LogP contribution in [0.4, 0.5) is 0 Å². The summed E-state index contributed by atoms with van der Waals surface area (Å²) in [6.07, 6.45) is 6.89. The summed E-state index contributed by atoms with van der Waals surface area (Å²) in [5.41, 5.74) is 1.19. The van der Waals surface area contributed by atoms with Gasteiger partial charge in [0, 0.05) is 16.8 Å². The Morgan fingerprint density at radius 1 is 1.35 bits per heavy atom. The Balaban J connectivity index is 1.88. The van der Waals surface area contributed by atoms with E-state index in [2.05, 4.69) is 16.6 Å². The predicted octanol–water partition coefficient (Wildman–Crippen LogP) is 4.15. The van der Waals surface area contributed by atoms with Crippen LogP contribution in [0.15, 0.2) is 18.3 Å². The molecule has 23 heavy (non-hydrogen) atoms. The molecule has 1 aliphatic rings. The van der Waals surface area contributed by atoms with Crippen molar-refractivity contribution < 1.29 is 9.29 Å². The van der Waals surface area contributed by atoms with Gasteiger partial charge in [0.25, 0.3) is 0 Å². The van der Waals surface area contributed by atoms with Crippen LogP contribution in [0.2, 0.25) is 0 Å². The van der Waals surface area contributed by atoms with Crippen molar-refractivity contribution in [3.05, 3.63) is 24.0 Å². The van der Waals surface area contributed by atoms with E-state index in [4.69, 9.17) is 4.74 Å². The summed E-state index contributed by atoms with van der Waals surface area (Å²) in [5, 5.41) is 0. The lowest BCUT2D eigenvalue weighted by Crippen LogP contribution is -2.40. The van der Waals surface area contributed by atoms with E-state index in [-0.39, 0.29) is 10.8 Å². The van der Waals surface area contributed by atoms with Crippen molar-refractivity contribution >= 4 is 11.4 Å². The molecule has 5 heteroatoms. The number of pyridine rings is 1. The lowest BCUT2D eigenvalue weighted by atomic mass is 9.90. The number of rotatable bonds is 6. The molecule has 0 aliphatic heterocycles. The van der Waals surface area contributed by atoms with Crippen molar-refractivity contribution in [1.29, 1.82) is 0 Å². The maximum atomic E-state index is 12.1. The summed E-state index contributed by atoms with van der Waals surface area (Å²) in [7, 11) is 0. The molecule has 1 fully saturated rings. The number of nitrogens with one attached hydrogen (secondary N) is 1. The van der Waals surface area contributed by atoms with Crippen LogP contribution in [-0.2, 0) is 11.4 Å². The Hall–Kier alpha value is -0.780. The molecule has 2 rings (SSSR count). The standard InChI is InChI=1S/C18H30N2O2S/c1-14(20-23(21)17(2,3)4)16-9-8-15(12-19-16)22-13-18(5)10-6-7-11-18/h8-9,12,14,20H,6-7,10-11,13H2,1-5H3/t14-,23+/m0/s1. The maximum absolute atomic E-state index is 12.1. The molecule has 0 aromatic carbocycles. The average molecular weight is 339 g/mol. The molecule has 0 saturated heterocycles. The van der Waals surface area contributed by atoms with Crippen LogP contribution >= 0.6 is 0 Å². The van der Waals surface area contributed by atoms with Crippen LogP contribution in [0.3, 0.4) is 0 Å². The molecule has 2 atom stereocenters. The third-order valence-corrected chi connectivity index (χ3v) is 6.12. The molecule has 1 aromatic heterocycles. The summed E-state index contributed by atoms with van der Waals surface area (Å²) >= 11 is -1.11. The van der Waals surface area contributed by atoms with Gasteiger partial charge in [-0.15, -0.1) is 4.72 Å². The number of hydrogen-bond acceptors (Lipinski definition) is 4. The first kappa shape index (κ1) is 18.6. The van der Waals surface area contributed by atoms with Gasteiger partial charge in [0.1, 0.15) is 10.5 Å². The Kier molecular flexibility index (Phi) is 5.98. The zero-order valence-corrected chi connectivity index (χ0v) is 15.8. The Morgan fingerprint density at radius 3 is 2.52 bits per heavy atom. The van der Waals surface area contributed by atoms with Crippen molar-refractivity contribution in [3.63, 3.8) is 0 Å². The van der Waals surface area contributed by atoms with Gasteiger partial charge in [-0.05, 0) is 52.7 Å². The zero-order chi connectivity index (χ0) is 17.1. The Morgan fingerprint density at radius 2 is 2.00 bits per heavy atom. The van der Waals surface area contributed by atoms with E-state index in [0.717, 1.165) is 18.1 Å². The van der Waals surface area contributed by atoms with E-state index < -0.39 is 11.4 Å². The summed E-state index contributed by atoms with van der Waals surface area (Å²) in [6, 6.07) is 3.85. The lowest BCUT2D eigenvalue weighted by Gasteiger charge is -2.26. The summed E-state index contributed by atoms with van der Waals surface area (Å²) in [5.74, 6) is 0.811. The number of aromatic nitrogens is 1. The van der Waals surface area contributed by atoms with Crippen LogP contribution < -0.4 is 9.46 Å². The molecule has 1 aliphatic carbocycles. The fourth-order valence-corrected chi connectivity index (χ4v) is 3.56. The van der Waals surface area contributed by atoms with Crippen molar-refractivity contribution in [2.75, 3.05) is 6.61 Å². The average Bonchev–Trinajstić information content (AvgIpc) is 2.92. The summed E-state index contributed by atoms with van der Waals surface area (Å²) in [6.45, 7) is 10.9. The number of ether oxygens (including phenoxy) is 1. The molecule has 1 heterocycles. The molecule has 4 nitrogen and oxygen atoms in total. The van der Waals surface area contributed by atoms with Crippen LogP contribution in [0.1, 0.15) is 72.0 Å². The van der Waals surface area contributed by atoms with Crippen molar-refractivity contribution in [2.45, 2.75) is 71.1 Å².